The molecule has 2 aromatic rings. The van der Waals surface area contributed by atoms with E-state index in [1.54, 1.807) is 24.3 Å². The first-order valence-corrected chi connectivity index (χ1v) is 9.04. The maximum absolute atomic E-state index is 12.5. The van der Waals surface area contributed by atoms with E-state index in [1.165, 1.54) is 17.4 Å². The molecule has 0 radical (unpaired) electrons. The van der Waals surface area contributed by atoms with Crippen molar-refractivity contribution in [1.29, 1.82) is 0 Å². The predicted molar refractivity (Wildman–Crippen MR) is 86.1 cm³/mol. The lowest BCUT2D eigenvalue weighted by Gasteiger charge is -2.17. The Morgan fingerprint density at radius 2 is 2.00 bits per heavy atom. The van der Waals surface area contributed by atoms with Gasteiger partial charge in [-0.1, -0.05) is 29.8 Å². The Morgan fingerprint density at radius 1 is 1.33 bits per heavy atom. The summed E-state index contributed by atoms with van der Waals surface area (Å²) in [6, 6.07) is 8.51. The molecule has 0 bridgehead atoms. The number of sulfonamides is 1. The number of benzene rings is 1. The number of hydrogen-bond donors (Lipinski definition) is 0. The Balaban J connectivity index is 2.30. The second-order valence-corrected chi connectivity index (χ2v) is 7.74. The van der Waals surface area contributed by atoms with Crippen LogP contribution in [0.5, 0.6) is 0 Å². The minimum Gasteiger partial charge on any atom is -0.452 e. The first-order chi connectivity index (χ1) is 9.86. The SMILES string of the molecule is CN(Cc1ccccc1Cl)S(=O)(=O)c1cc(CCl)oc1Br. The molecule has 0 spiro atoms. The number of hydrogen-bond acceptors (Lipinski definition) is 3. The Hall–Kier alpha value is -0.530. The third kappa shape index (κ3) is 3.63. The average molecular weight is 413 g/mol. The zero-order valence-corrected chi connectivity index (χ0v) is 14.9. The predicted octanol–water partition coefficient (Wildman–Crippen LogP) is 4.26. The highest BCUT2D eigenvalue weighted by Crippen LogP contribution is 2.30. The summed E-state index contributed by atoms with van der Waals surface area (Å²) in [5, 5.41) is 0.521. The van der Waals surface area contributed by atoms with Gasteiger partial charge in [-0.05, 0) is 27.6 Å². The van der Waals surface area contributed by atoms with Crippen molar-refractivity contribution in [2.24, 2.45) is 0 Å². The topological polar surface area (TPSA) is 50.5 Å². The summed E-state index contributed by atoms with van der Waals surface area (Å²) in [6.07, 6.45) is 0. The second-order valence-electron chi connectivity index (χ2n) is 4.34. The third-order valence-electron chi connectivity index (χ3n) is 2.88. The molecule has 0 amide bonds. The molecule has 0 saturated heterocycles. The molecule has 1 heterocycles. The fraction of sp³-hybridized carbons (Fsp3) is 0.231. The highest BCUT2D eigenvalue weighted by molar-refractivity contribution is 9.10. The zero-order chi connectivity index (χ0) is 15.6. The highest BCUT2D eigenvalue weighted by Gasteiger charge is 2.27. The molecule has 0 aliphatic heterocycles. The van der Waals surface area contributed by atoms with Gasteiger partial charge >= 0.3 is 0 Å². The molecule has 0 fully saturated rings. The van der Waals surface area contributed by atoms with E-state index in [0.717, 1.165) is 5.56 Å². The summed E-state index contributed by atoms with van der Waals surface area (Å²) in [5.74, 6) is 0.482. The van der Waals surface area contributed by atoms with Crippen LogP contribution in [-0.2, 0) is 22.4 Å². The van der Waals surface area contributed by atoms with E-state index in [0.29, 0.717) is 10.8 Å². The maximum Gasteiger partial charge on any atom is 0.247 e. The number of nitrogens with zero attached hydrogens (tertiary/aromatic N) is 1. The summed E-state index contributed by atoms with van der Waals surface area (Å²) in [4.78, 5) is 0.0488. The quantitative estimate of drug-likeness (QED) is 0.689. The van der Waals surface area contributed by atoms with Crippen LogP contribution >= 0.6 is 39.1 Å². The van der Waals surface area contributed by atoms with Crippen molar-refractivity contribution in [3.05, 3.63) is 51.3 Å². The number of rotatable bonds is 5. The minimum atomic E-state index is -3.70. The van der Waals surface area contributed by atoms with Crippen LogP contribution in [0.2, 0.25) is 5.02 Å². The molecular formula is C13H12BrCl2NO3S. The van der Waals surface area contributed by atoms with Crippen LogP contribution in [-0.4, -0.2) is 19.8 Å². The van der Waals surface area contributed by atoms with Crippen LogP contribution in [0.1, 0.15) is 11.3 Å². The van der Waals surface area contributed by atoms with Crippen molar-refractivity contribution < 1.29 is 12.8 Å². The Labute approximate surface area is 141 Å². The van der Waals surface area contributed by atoms with Crippen molar-refractivity contribution in [2.45, 2.75) is 17.3 Å². The van der Waals surface area contributed by atoms with Crippen molar-refractivity contribution in [3.63, 3.8) is 0 Å². The molecule has 0 aliphatic rings. The molecule has 0 unspecified atom stereocenters. The van der Waals surface area contributed by atoms with Gasteiger partial charge in [-0.15, -0.1) is 11.6 Å². The normalized spacial score (nSPS) is 12.0. The van der Waals surface area contributed by atoms with E-state index in [2.05, 4.69) is 15.9 Å². The number of halogens is 3. The van der Waals surface area contributed by atoms with Gasteiger partial charge in [0.15, 0.2) is 4.67 Å². The minimum absolute atomic E-state index is 0.0488. The monoisotopic (exact) mass is 411 g/mol. The van der Waals surface area contributed by atoms with Crippen LogP contribution in [0.15, 0.2) is 44.3 Å². The van der Waals surface area contributed by atoms with Crippen LogP contribution in [0.25, 0.3) is 0 Å². The molecule has 0 saturated carbocycles. The van der Waals surface area contributed by atoms with Crippen LogP contribution in [0, 0.1) is 0 Å². The lowest BCUT2D eigenvalue weighted by atomic mass is 10.2. The molecule has 4 nitrogen and oxygen atoms in total. The average Bonchev–Trinajstić information content (AvgIpc) is 2.83. The van der Waals surface area contributed by atoms with Gasteiger partial charge in [-0.3, -0.25) is 0 Å². The molecule has 21 heavy (non-hydrogen) atoms. The molecule has 1 aromatic carbocycles. The van der Waals surface area contributed by atoms with E-state index in [1.807, 2.05) is 0 Å². The van der Waals surface area contributed by atoms with Gasteiger partial charge in [0.1, 0.15) is 10.7 Å². The van der Waals surface area contributed by atoms with Crippen LogP contribution in [0.4, 0.5) is 0 Å². The summed E-state index contributed by atoms with van der Waals surface area (Å²) in [7, 11) is -2.21. The zero-order valence-electron chi connectivity index (χ0n) is 11.0. The summed E-state index contributed by atoms with van der Waals surface area (Å²) >= 11 is 14.8. The van der Waals surface area contributed by atoms with E-state index < -0.39 is 10.0 Å². The summed E-state index contributed by atoms with van der Waals surface area (Å²) < 4.78 is 31.7. The molecule has 0 N–H and O–H groups in total. The van der Waals surface area contributed by atoms with Crippen molar-refractivity contribution >= 4 is 49.2 Å². The van der Waals surface area contributed by atoms with Crippen molar-refractivity contribution in [2.75, 3.05) is 7.05 Å². The fourth-order valence-electron chi connectivity index (χ4n) is 1.76. The molecule has 114 valence electrons. The van der Waals surface area contributed by atoms with Gasteiger partial charge in [0.25, 0.3) is 0 Å². The van der Waals surface area contributed by atoms with E-state index in [-0.39, 0.29) is 22.0 Å². The summed E-state index contributed by atoms with van der Waals surface area (Å²) in [5.41, 5.74) is 0.724. The molecule has 1 aromatic heterocycles. The second kappa shape index (κ2) is 6.71. The van der Waals surface area contributed by atoms with Crippen molar-refractivity contribution in [3.8, 4) is 0 Å². The van der Waals surface area contributed by atoms with Crippen molar-refractivity contribution in [1.82, 2.24) is 4.31 Å². The number of furan rings is 1. The Kier molecular flexibility index (Phi) is 5.38. The third-order valence-corrected chi connectivity index (χ3v) is 6.17. The molecular weight excluding hydrogens is 401 g/mol. The van der Waals surface area contributed by atoms with Gasteiger partial charge in [0.2, 0.25) is 10.0 Å². The van der Waals surface area contributed by atoms with Gasteiger partial charge in [-0.25, -0.2) is 8.42 Å². The maximum atomic E-state index is 12.5. The Bertz CT molecular complexity index is 746. The van der Waals surface area contributed by atoms with Crippen LogP contribution < -0.4 is 0 Å². The molecule has 0 aliphatic carbocycles. The number of alkyl halides is 1. The first-order valence-electron chi connectivity index (χ1n) is 5.90. The Morgan fingerprint density at radius 3 is 2.57 bits per heavy atom. The largest absolute Gasteiger partial charge is 0.452 e. The van der Waals surface area contributed by atoms with E-state index >= 15 is 0 Å². The van der Waals surface area contributed by atoms with E-state index in [4.69, 9.17) is 27.6 Å². The summed E-state index contributed by atoms with van der Waals surface area (Å²) in [6.45, 7) is 0.163. The van der Waals surface area contributed by atoms with Gasteiger partial charge < -0.3 is 4.42 Å². The van der Waals surface area contributed by atoms with Gasteiger partial charge in [0, 0.05) is 24.7 Å². The van der Waals surface area contributed by atoms with E-state index in [9.17, 15) is 8.42 Å². The van der Waals surface area contributed by atoms with Crippen LogP contribution in [0.3, 0.4) is 0 Å². The smallest absolute Gasteiger partial charge is 0.247 e. The molecule has 0 atom stereocenters. The standard InChI is InChI=1S/C13H12BrCl2NO3S/c1-17(8-9-4-2-3-5-11(9)16)21(18,19)12-6-10(7-15)20-13(12)14/h2-6H,7-8H2,1H3. The molecule has 2 rings (SSSR count). The highest BCUT2D eigenvalue weighted by atomic mass is 79.9. The lowest BCUT2D eigenvalue weighted by molar-refractivity contribution is 0.460. The van der Waals surface area contributed by atoms with Gasteiger partial charge in [-0.2, -0.15) is 4.31 Å². The first kappa shape index (κ1) is 16.8. The molecule has 8 heteroatoms. The fourth-order valence-corrected chi connectivity index (χ4v) is 4.19. The lowest BCUT2D eigenvalue weighted by Crippen LogP contribution is -2.26. The van der Waals surface area contributed by atoms with Gasteiger partial charge in [0.05, 0.1) is 5.88 Å².